The van der Waals surface area contributed by atoms with Gasteiger partial charge in [-0.2, -0.15) is 0 Å². The van der Waals surface area contributed by atoms with Gasteiger partial charge < -0.3 is 25.8 Å². The number of ether oxygens (including phenoxy) is 1. The van der Waals surface area contributed by atoms with Crippen molar-refractivity contribution in [2.24, 2.45) is 5.73 Å². The van der Waals surface area contributed by atoms with E-state index in [-0.39, 0.29) is 23.3 Å². The van der Waals surface area contributed by atoms with Crippen molar-refractivity contribution in [1.82, 2.24) is 10.2 Å². The summed E-state index contributed by atoms with van der Waals surface area (Å²) in [6.45, 7) is 2.38. The average molecular weight is 265 g/mol. The van der Waals surface area contributed by atoms with Gasteiger partial charge in [0.05, 0.1) is 18.7 Å². The highest BCUT2D eigenvalue weighted by molar-refractivity contribution is 5.97. The van der Waals surface area contributed by atoms with Gasteiger partial charge in [0.2, 0.25) is 0 Å². The summed E-state index contributed by atoms with van der Waals surface area (Å²) in [6, 6.07) is 4.58. The van der Waals surface area contributed by atoms with Crippen molar-refractivity contribution >= 4 is 5.91 Å². The zero-order chi connectivity index (χ0) is 13.8. The third-order valence-electron chi connectivity index (χ3n) is 3.32. The standard InChI is InChI=1S/C13H19N3O3/c1-19-10-2-3-12(17)11(6-10)13(18)16-5-4-15-8-9(16)7-14/h2-3,6,9,15,17H,4-5,7-8,14H2,1H3. The second-order valence-electron chi connectivity index (χ2n) is 4.48. The van der Waals surface area contributed by atoms with Crippen LogP contribution in [-0.4, -0.2) is 55.2 Å². The maximum Gasteiger partial charge on any atom is 0.258 e. The number of benzene rings is 1. The van der Waals surface area contributed by atoms with Gasteiger partial charge in [-0.1, -0.05) is 0 Å². The van der Waals surface area contributed by atoms with Crippen molar-refractivity contribution in [3.05, 3.63) is 23.8 Å². The zero-order valence-corrected chi connectivity index (χ0v) is 10.9. The van der Waals surface area contributed by atoms with E-state index >= 15 is 0 Å². The predicted molar refractivity (Wildman–Crippen MR) is 71.4 cm³/mol. The number of nitrogens with zero attached hydrogens (tertiary/aromatic N) is 1. The van der Waals surface area contributed by atoms with Gasteiger partial charge in [-0.15, -0.1) is 0 Å². The summed E-state index contributed by atoms with van der Waals surface area (Å²) in [5.41, 5.74) is 5.93. The molecule has 1 fully saturated rings. The third kappa shape index (κ3) is 2.80. The average Bonchev–Trinajstić information content (AvgIpc) is 2.47. The Morgan fingerprint density at radius 2 is 2.42 bits per heavy atom. The first-order valence-corrected chi connectivity index (χ1v) is 6.26. The van der Waals surface area contributed by atoms with E-state index in [1.54, 1.807) is 17.0 Å². The largest absolute Gasteiger partial charge is 0.507 e. The fourth-order valence-corrected chi connectivity index (χ4v) is 2.21. The number of hydrogen-bond donors (Lipinski definition) is 3. The number of amides is 1. The Hall–Kier alpha value is -1.79. The van der Waals surface area contributed by atoms with Gasteiger partial charge in [0.15, 0.2) is 0 Å². The number of phenols is 1. The van der Waals surface area contributed by atoms with Crippen LogP contribution in [0.5, 0.6) is 11.5 Å². The molecule has 1 unspecified atom stereocenters. The van der Waals surface area contributed by atoms with Crippen molar-refractivity contribution in [3.63, 3.8) is 0 Å². The summed E-state index contributed by atoms with van der Waals surface area (Å²) in [5, 5.41) is 13.0. The number of methoxy groups -OCH3 is 1. The minimum atomic E-state index is -0.214. The molecule has 1 aromatic rings. The second-order valence-corrected chi connectivity index (χ2v) is 4.48. The Morgan fingerprint density at radius 1 is 1.63 bits per heavy atom. The molecule has 2 rings (SSSR count). The van der Waals surface area contributed by atoms with Crippen LogP contribution in [-0.2, 0) is 0 Å². The highest BCUT2D eigenvalue weighted by Gasteiger charge is 2.28. The van der Waals surface area contributed by atoms with Crippen LogP contribution in [0.2, 0.25) is 0 Å². The normalized spacial score (nSPS) is 19.3. The van der Waals surface area contributed by atoms with Crippen LogP contribution in [0.1, 0.15) is 10.4 Å². The van der Waals surface area contributed by atoms with E-state index < -0.39 is 0 Å². The van der Waals surface area contributed by atoms with E-state index in [0.717, 1.165) is 6.54 Å². The third-order valence-corrected chi connectivity index (χ3v) is 3.32. The van der Waals surface area contributed by atoms with E-state index in [1.807, 2.05) is 0 Å². The van der Waals surface area contributed by atoms with Crippen molar-refractivity contribution < 1.29 is 14.6 Å². The first-order chi connectivity index (χ1) is 9.17. The lowest BCUT2D eigenvalue weighted by molar-refractivity contribution is 0.0641. The number of carbonyl (C=O) groups excluding carboxylic acids is 1. The van der Waals surface area contributed by atoms with E-state index in [4.69, 9.17) is 10.5 Å². The minimum Gasteiger partial charge on any atom is -0.507 e. The van der Waals surface area contributed by atoms with Crippen LogP contribution in [0.4, 0.5) is 0 Å². The molecule has 19 heavy (non-hydrogen) atoms. The first kappa shape index (κ1) is 13.6. The predicted octanol–water partition coefficient (Wildman–Crippen LogP) is -0.226. The molecule has 0 aromatic heterocycles. The van der Waals surface area contributed by atoms with Crippen LogP contribution in [0.15, 0.2) is 18.2 Å². The van der Waals surface area contributed by atoms with Crippen molar-refractivity contribution in [1.29, 1.82) is 0 Å². The molecule has 0 aliphatic carbocycles. The molecular weight excluding hydrogens is 246 g/mol. The number of phenolic OH excluding ortho intramolecular Hbond substituents is 1. The fourth-order valence-electron chi connectivity index (χ4n) is 2.21. The lowest BCUT2D eigenvalue weighted by Crippen LogP contribution is -2.56. The van der Waals surface area contributed by atoms with Gasteiger partial charge in [-0.25, -0.2) is 0 Å². The molecule has 0 saturated carbocycles. The minimum absolute atomic E-state index is 0.0416. The maximum absolute atomic E-state index is 12.5. The van der Waals surface area contributed by atoms with E-state index in [9.17, 15) is 9.90 Å². The van der Waals surface area contributed by atoms with Crippen molar-refractivity contribution in [2.45, 2.75) is 6.04 Å². The van der Waals surface area contributed by atoms with Gasteiger partial charge in [-0.05, 0) is 18.2 Å². The Morgan fingerprint density at radius 3 is 3.11 bits per heavy atom. The van der Waals surface area contributed by atoms with E-state index in [2.05, 4.69) is 5.32 Å². The Bertz CT molecular complexity index is 464. The molecule has 1 amide bonds. The second kappa shape index (κ2) is 5.90. The summed E-state index contributed by atoms with van der Waals surface area (Å²) in [7, 11) is 1.52. The molecule has 1 heterocycles. The SMILES string of the molecule is COc1ccc(O)c(C(=O)N2CCNCC2CN)c1. The van der Waals surface area contributed by atoms with Gasteiger partial charge >= 0.3 is 0 Å². The lowest BCUT2D eigenvalue weighted by Gasteiger charge is -2.35. The van der Waals surface area contributed by atoms with Gasteiger partial charge in [0.25, 0.3) is 5.91 Å². The van der Waals surface area contributed by atoms with Gasteiger partial charge in [-0.3, -0.25) is 4.79 Å². The van der Waals surface area contributed by atoms with Crippen LogP contribution >= 0.6 is 0 Å². The molecule has 1 aliphatic heterocycles. The molecule has 0 spiro atoms. The zero-order valence-electron chi connectivity index (χ0n) is 10.9. The molecule has 1 aromatic carbocycles. The summed E-state index contributed by atoms with van der Waals surface area (Å²) >= 11 is 0. The number of hydrogen-bond acceptors (Lipinski definition) is 5. The summed E-state index contributed by atoms with van der Waals surface area (Å²) in [6.07, 6.45) is 0. The lowest BCUT2D eigenvalue weighted by atomic mass is 10.1. The number of carbonyl (C=O) groups is 1. The molecule has 0 bridgehead atoms. The molecule has 6 nitrogen and oxygen atoms in total. The molecule has 4 N–H and O–H groups in total. The molecule has 1 atom stereocenters. The summed E-state index contributed by atoms with van der Waals surface area (Å²) in [5.74, 6) is 0.286. The molecule has 104 valence electrons. The molecule has 1 saturated heterocycles. The van der Waals surface area contributed by atoms with Crippen LogP contribution in [0, 0.1) is 0 Å². The molecule has 1 aliphatic rings. The molecule has 0 radical (unpaired) electrons. The highest BCUT2D eigenvalue weighted by atomic mass is 16.5. The number of rotatable bonds is 3. The monoisotopic (exact) mass is 265 g/mol. The fraction of sp³-hybridized carbons (Fsp3) is 0.462. The Balaban J connectivity index is 2.27. The number of aromatic hydroxyl groups is 1. The summed E-state index contributed by atoms with van der Waals surface area (Å²) in [4.78, 5) is 14.2. The van der Waals surface area contributed by atoms with Crippen LogP contribution in [0.25, 0.3) is 0 Å². The van der Waals surface area contributed by atoms with E-state index in [1.165, 1.54) is 13.2 Å². The Kier molecular flexibility index (Phi) is 4.24. The number of nitrogens with two attached hydrogens (primary N) is 1. The van der Waals surface area contributed by atoms with Gasteiger partial charge in [0.1, 0.15) is 11.5 Å². The summed E-state index contributed by atoms with van der Waals surface area (Å²) < 4.78 is 5.08. The molecule has 6 heteroatoms. The van der Waals surface area contributed by atoms with E-state index in [0.29, 0.717) is 25.4 Å². The first-order valence-electron chi connectivity index (χ1n) is 6.26. The topological polar surface area (TPSA) is 87.8 Å². The van der Waals surface area contributed by atoms with Crippen LogP contribution < -0.4 is 15.8 Å². The van der Waals surface area contributed by atoms with Crippen molar-refractivity contribution in [3.8, 4) is 11.5 Å². The Labute approximate surface area is 112 Å². The van der Waals surface area contributed by atoms with Crippen LogP contribution in [0.3, 0.4) is 0 Å². The maximum atomic E-state index is 12.5. The number of nitrogens with one attached hydrogen (secondary N) is 1. The van der Waals surface area contributed by atoms with Gasteiger partial charge in [0, 0.05) is 26.2 Å². The quantitative estimate of drug-likeness (QED) is 0.703. The van der Waals surface area contributed by atoms with Crippen molar-refractivity contribution in [2.75, 3.05) is 33.3 Å². The number of piperazine rings is 1. The smallest absolute Gasteiger partial charge is 0.258 e. The molecular formula is C13H19N3O3. The highest BCUT2D eigenvalue weighted by Crippen LogP contribution is 2.25.